The van der Waals surface area contributed by atoms with Crippen LogP contribution in [0.2, 0.25) is 0 Å². The van der Waals surface area contributed by atoms with E-state index in [0.29, 0.717) is 29.0 Å². The minimum atomic E-state index is -1.37. The van der Waals surface area contributed by atoms with Gasteiger partial charge in [0.1, 0.15) is 5.54 Å². The maximum absolute atomic E-state index is 14.1. The van der Waals surface area contributed by atoms with Crippen molar-refractivity contribution in [2.45, 2.75) is 24.9 Å². The van der Waals surface area contributed by atoms with Gasteiger partial charge in [-0.25, -0.2) is 4.90 Å². The summed E-state index contributed by atoms with van der Waals surface area (Å²) in [5.41, 5.74) is 2.90. The standard InChI is InChI=1S/C30H25N5O4/c1-16(36)32-18-10-12-19(13-11-18)35-27(37)25-24(14-17-15-31-22-8-4-2-6-20(17)22)34-30(26(25)28(35)38)21-7-3-5-9-23(21)33-29(30)39/h2-13,15,24-26,31,34H,14H2,1H3,(H,32,36)(H,33,39)/t24-,25+,26+,30+/m0/s1. The highest BCUT2D eigenvalue weighted by Crippen LogP contribution is 2.54. The first-order valence-electron chi connectivity index (χ1n) is 12.9. The van der Waals surface area contributed by atoms with Crippen LogP contribution in [-0.4, -0.2) is 34.7 Å². The summed E-state index contributed by atoms with van der Waals surface area (Å²) in [5, 5.41) is 10.2. The molecule has 0 aliphatic carbocycles. The number of amides is 4. The molecule has 0 radical (unpaired) electrons. The van der Waals surface area contributed by atoms with Crippen molar-refractivity contribution < 1.29 is 19.2 Å². The fraction of sp³-hybridized carbons (Fsp3) is 0.200. The summed E-state index contributed by atoms with van der Waals surface area (Å²) >= 11 is 0. The third-order valence-electron chi connectivity index (χ3n) is 8.18. The van der Waals surface area contributed by atoms with Gasteiger partial charge in [-0.3, -0.25) is 24.5 Å². The topological polar surface area (TPSA) is 123 Å². The van der Waals surface area contributed by atoms with E-state index in [1.807, 2.05) is 54.7 Å². The van der Waals surface area contributed by atoms with E-state index < -0.39 is 29.3 Å². The van der Waals surface area contributed by atoms with E-state index in [-0.39, 0.29) is 17.7 Å². The van der Waals surface area contributed by atoms with Crippen LogP contribution in [0.5, 0.6) is 0 Å². The maximum atomic E-state index is 14.1. The van der Waals surface area contributed by atoms with Crippen LogP contribution in [0.4, 0.5) is 17.1 Å². The number of para-hydroxylation sites is 2. The number of carbonyl (C=O) groups excluding carboxylic acids is 4. The van der Waals surface area contributed by atoms with Crippen LogP contribution in [0.3, 0.4) is 0 Å². The lowest BCUT2D eigenvalue weighted by molar-refractivity contribution is -0.130. The average Bonchev–Trinajstić information content (AvgIpc) is 3.63. The van der Waals surface area contributed by atoms with E-state index in [9.17, 15) is 19.2 Å². The number of H-pyrrole nitrogens is 1. The number of carbonyl (C=O) groups is 4. The molecule has 3 aliphatic rings. The third kappa shape index (κ3) is 3.29. The zero-order valence-electron chi connectivity index (χ0n) is 21.0. The Kier molecular flexibility index (Phi) is 5.02. The predicted molar refractivity (Wildman–Crippen MR) is 146 cm³/mol. The summed E-state index contributed by atoms with van der Waals surface area (Å²) in [7, 11) is 0. The summed E-state index contributed by atoms with van der Waals surface area (Å²) < 4.78 is 0. The minimum absolute atomic E-state index is 0.218. The highest BCUT2D eigenvalue weighted by molar-refractivity contribution is 6.26. The molecule has 4 heterocycles. The number of anilines is 3. The Morgan fingerprint density at radius 2 is 1.69 bits per heavy atom. The van der Waals surface area contributed by atoms with E-state index >= 15 is 0 Å². The van der Waals surface area contributed by atoms with Gasteiger partial charge in [0.25, 0.3) is 0 Å². The third-order valence-corrected chi connectivity index (χ3v) is 8.18. The molecule has 4 aromatic rings. The fourth-order valence-corrected chi connectivity index (χ4v) is 6.62. The summed E-state index contributed by atoms with van der Waals surface area (Å²) in [4.78, 5) is 57.8. The molecular weight excluding hydrogens is 494 g/mol. The molecule has 4 atom stereocenters. The Balaban J connectivity index is 1.33. The molecule has 2 fully saturated rings. The summed E-state index contributed by atoms with van der Waals surface area (Å²) in [5.74, 6) is -2.98. The van der Waals surface area contributed by atoms with Crippen LogP contribution in [0.1, 0.15) is 18.1 Å². The molecule has 3 aromatic carbocycles. The van der Waals surface area contributed by atoms with Gasteiger partial charge in [0.05, 0.1) is 17.5 Å². The second kappa shape index (κ2) is 8.37. The van der Waals surface area contributed by atoms with Crippen molar-refractivity contribution in [2.24, 2.45) is 11.8 Å². The van der Waals surface area contributed by atoms with Crippen LogP contribution in [0, 0.1) is 11.8 Å². The molecule has 7 rings (SSSR count). The van der Waals surface area contributed by atoms with E-state index in [1.165, 1.54) is 11.8 Å². The molecule has 0 bridgehead atoms. The molecule has 39 heavy (non-hydrogen) atoms. The van der Waals surface area contributed by atoms with Crippen molar-refractivity contribution in [3.63, 3.8) is 0 Å². The normalized spacial score (nSPS) is 25.3. The number of hydrogen-bond acceptors (Lipinski definition) is 5. The van der Waals surface area contributed by atoms with Gasteiger partial charge in [-0.1, -0.05) is 36.4 Å². The first kappa shape index (κ1) is 23.4. The first-order chi connectivity index (χ1) is 18.9. The number of hydrogen-bond donors (Lipinski definition) is 4. The van der Waals surface area contributed by atoms with Crippen LogP contribution in [-0.2, 0) is 31.1 Å². The van der Waals surface area contributed by atoms with Gasteiger partial charge in [0.15, 0.2) is 0 Å². The molecule has 3 aliphatic heterocycles. The van der Waals surface area contributed by atoms with Crippen molar-refractivity contribution in [1.82, 2.24) is 10.3 Å². The molecule has 1 aromatic heterocycles. The van der Waals surface area contributed by atoms with Gasteiger partial charge >= 0.3 is 0 Å². The lowest BCUT2D eigenvalue weighted by Crippen LogP contribution is -2.53. The Bertz CT molecular complexity index is 1690. The van der Waals surface area contributed by atoms with Gasteiger partial charge < -0.3 is 15.6 Å². The Morgan fingerprint density at radius 3 is 2.49 bits per heavy atom. The number of rotatable bonds is 4. The fourth-order valence-electron chi connectivity index (χ4n) is 6.62. The monoisotopic (exact) mass is 519 g/mol. The van der Waals surface area contributed by atoms with Crippen LogP contribution < -0.4 is 20.9 Å². The van der Waals surface area contributed by atoms with E-state index in [4.69, 9.17) is 0 Å². The van der Waals surface area contributed by atoms with Crippen LogP contribution >= 0.6 is 0 Å². The average molecular weight is 520 g/mol. The molecule has 2 saturated heterocycles. The predicted octanol–water partition coefficient (Wildman–Crippen LogP) is 3.29. The molecule has 4 amide bonds. The van der Waals surface area contributed by atoms with Crippen molar-refractivity contribution in [2.75, 3.05) is 15.5 Å². The Labute approximate surface area is 223 Å². The van der Waals surface area contributed by atoms with Gasteiger partial charge in [-0.2, -0.15) is 0 Å². The molecule has 4 N–H and O–H groups in total. The second-order valence-electron chi connectivity index (χ2n) is 10.4. The highest BCUT2D eigenvalue weighted by atomic mass is 16.2. The van der Waals surface area contributed by atoms with Gasteiger partial charge in [0.2, 0.25) is 23.6 Å². The number of nitrogens with one attached hydrogen (secondary N) is 4. The molecule has 194 valence electrons. The number of fused-ring (bicyclic) bond motifs is 5. The smallest absolute Gasteiger partial charge is 0.250 e. The molecule has 9 heteroatoms. The highest BCUT2D eigenvalue weighted by Gasteiger charge is 2.70. The zero-order chi connectivity index (χ0) is 26.9. The van der Waals surface area contributed by atoms with Gasteiger partial charge in [-0.05, 0) is 48.4 Å². The van der Waals surface area contributed by atoms with Crippen molar-refractivity contribution in [3.8, 4) is 0 Å². The quantitative estimate of drug-likeness (QED) is 0.308. The molecular formula is C30H25N5O4. The lowest BCUT2D eigenvalue weighted by atomic mass is 9.76. The zero-order valence-corrected chi connectivity index (χ0v) is 21.0. The van der Waals surface area contributed by atoms with E-state index in [1.54, 1.807) is 24.3 Å². The number of aromatic amines is 1. The first-order valence-corrected chi connectivity index (χ1v) is 12.9. The van der Waals surface area contributed by atoms with Crippen LogP contribution in [0.15, 0.2) is 79.0 Å². The van der Waals surface area contributed by atoms with Crippen molar-refractivity contribution in [1.29, 1.82) is 0 Å². The summed E-state index contributed by atoms with van der Waals surface area (Å²) in [6.45, 7) is 1.41. The Hall–Kier alpha value is -4.76. The second-order valence-corrected chi connectivity index (χ2v) is 10.4. The van der Waals surface area contributed by atoms with Gasteiger partial charge in [0, 0.05) is 47.0 Å². The number of nitrogens with zero attached hydrogens (tertiary/aromatic N) is 1. The molecule has 0 unspecified atom stereocenters. The largest absolute Gasteiger partial charge is 0.361 e. The van der Waals surface area contributed by atoms with Gasteiger partial charge in [-0.15, -0.1) is 0 Å². The summed E-state index contributed by atoms with van der Waals surface area (Å²) in [6.07, 6.45) is 2.38. The maximum Gasteiger partial charge on any atom is 0.250 e. The van der Waals surface area contributed by atoms with Crippen molar-refractivity contribution >= 4 is 51.6 Å². The molecule has 9 nitrogen and oxygen atoms in total. The number of imide groups is 1. The number of benzene rings is 3. The Morgan fingerprint density at radius 1 is 0.949 bits per heavy atom. The van der Waals surface area contributed by atoms with Crippen LogP contribution in [0.25, 0.3) is 10.9 Å². The van der Waals surface area contributed by atoms with Crippen molar-refractivity contribution in [3.05, 3.63) is 90.1 Å². The SMILES string of the molecule is CC(=O)Nc1ccc(N2C(=O)[C@@H]3[C@H](Cc4c[nH]c5ccccc45)N[C@@]4(C(=O)Nc5ccccc54)[C@H]3C2=O)cc1. The lowest BCUT2D eigenvalue weighted by Gasteiger charge is -2.29. The molecule has 1 spiro atoms. The summed E-state index contributed by atoms with van der Waals surface area (Å²) in [6, 6.07) is 21.4. The minimum Gasteiger partial charge on any atom is -0.361 e. The molecule has 0 saturated carbocycles. The number of aromatic nitrogens is 1. The van der Waals surface area contributed by atoms with E-state index in [0.717, 1.165) is 16.5 Å². The van der Waals surface area contributed by atoms with E-state index in [2.05, 4.69) is 20.9 Å².